The van der Waals surface area contributed by atoms with E-state index in [2.05, 4.69) is 4.98 Å². The fourth-order valence-corrected chi connectivity index (χ4v) is 2.30. The van der Waals surface area contributed by atoms with Gasteiger partial charge in [-0.05, 0) is 37.6 Å². The molecule has 2 N–H and O–H groups in total. The average molecular weight is 304 g/mol. The summed E-state index contributed by atoms with van der Waals surface area (Å²) in [5, 5.41) is 9.86. The fourth-order valence-electron chi connectivity index (χ4n) is 2.30. The molecule has 22 heavy (non-hydrogen) atoms. The minimum atomic E-state index is -1.02. The van der Waals surface area contributed by atoms with Crippen LogP contribution in [0.5, 0.6) is 5.75 Å². The van der Waals surface area contributed by atoms with Crippen molar-refractivity contribution < 1.29 is 19.4 Å². The van der Waals surface area contributed by atoms with E-state index in [-0.39, 0.29) is 18.5 Å². The summed E-state index contributed by atoms with van der Waals surface area (Å²) in [6.07, 6.45) is 0.688. The molecule has 0 aliphatic carbocycles. The number of hydrogen-bond donors (Lipinski definition) is 2. The summed E-state index contributed by atoms with van der Waals surface area (Å²) in [4.78, 5) is 28.0. The molecule has 0 fully saturated rings. The van der Waals surface area contributed by atoms with Gasteiger partial charge in [-0.2, -0.15) is 0 Å². The number of amides is 1. The van der Waals surface area contributed by atoms with Crippen molar-refractivity contribution in [3.8, 4) is 5.75 Å². The lowest BCUT2D eigenvalue weighted by molar-refractivity contribution is -0.138. The molecule has 2 aromatic rings. The van der Waals surface area contributed by atoms with E-state index >= 15 is 0 Å². The lowest BCUT2D eigenvalue weighted by Gasteiger charge is -2.26. The first-order valence-corrected chi connectivity index (χ1v) is 7.15. The van der Waals surface area contributed by atoms with E-state index in [9.17, 15) is 9.59 Å². The Morgan fingerprint density at radius 1 is 1.36 bits per heavy atom. The molecule has 118 valence electrons. The summed E-state index contributed by atoms with van der Waals surface area (Å²) in [7, 11) is 1.58. The lowest BCUT2D eigenvalue weighted by atomic mass is 10.2. The van der Waals surface area contributed by atoms with Crippen LogP contribution in [0, 0.1) is 0 Å². The molecular formula is C16H20N2O4. The number of aromatic amines is 1. The lowest BCUT2D eigenvalue weighted by Crippen LogP contribution is -2.42. The van der Waals surface area contributed by atoms with Crippen LogP contribution in [0.15, 0.2) is 24.3 Å². The van der Waals surface area contributed by atoms with Gasteiger partial charge in [-0.3, -0.25) is 9.59 Å². The molecule has 0 radical (unpaired) electrons. The number of nitrogens with zero attached hydrogens (tertiary/aromatic N) is 1. The number of benzene rings is 1. The van der Waals surface area contributed by atoms with Gasteiger partial charge in [0.25, 0.3) is 5.91 Å². The summed E-state index contributed by atoms with van der Waals surface area (Å²) in [6.45, 7) is 3.45. The Morgan fingerprint density at radius 3 is 2.68 bits per heavy atom. The standard InChI is InChI=1S/C16H20N2O4/c1-4-10(2)18(9-15(19)20)16(21)14-8-11-7-12(22-3)5-6-13(11)17-14/h5-8,10,17H,4,9H2,1-3H3,(H,19,20). The summed E-state index contributed by atoms with van der Waals surface area (Å²) < 4.78 is 5.16. The molecule has 0 saturated heterocycles. The first kappa shape index (κ1) is 15.9. The van der Waals surface area contributed by atoms with Crippen LogP contribution in [-0.2, 0) is 4.79 Å². The second-order valence-corrected chi connectivity index (χ2v) is 5.22. The number of carboxylic acid groups (broad SMARTS) is 1. The Morgan fingerprint density at radius 2 is 2.09 bits per heavy atom. The van der Waals surface area contributed by atoms with Gasteiger partial charge < -0.3 is 19.7 Å². The Balaban J connectivity index is 2.35. The highest BCUT2D eigenvalue weighted by atomic mass is 16.5. The van der Waals surface area contributed by atoms with Crippen LogP contribution in [0.25, 0.3) is 10.9 Å². The maximum Gasteiger partial charge on any atom is 0.323 e. The third kappa shape index (κ3) is 3.21. The van der Waals surface area contributed by atoms with Gasteiger partial charge >= 0.3 is 5.97 Å². The van der Waals surface area contributed by atoms with Gasteiger partial charge in [-0.25, -0.2) is 0 Å². The summed E-state index contributed by atoms with van der Waals surface area (Å²) in [5.41, 5.74) is 1.19. The van der Waals surface area contributed by atoms with Crippen molar-refractivity contribution in [3.05, 3.63) is 30.0 Å². The Kier molecular flexibility index (Phi) is 4.70. The number of rotatable bonds is 6. The Labute approximate surface area is 128 Å². The van der Waals surface area contributed by atoms with Crippen molar-refractivity contribution in [2.24, 2.45) is 0 Å². The largest absolute Gasteiger partial charge is 0.497 e. The van der Waals surface area contributed by atoms with Gasteiger partial charge in [-0.15, -0.1) is 0 Å². The average Bonchev–Trinajstić information content (AvgIpc) is 2.93. The number of nitrogens with one attached hydrogen (secondary N) is 1. The van der Waals surface area contributed by atoms with Gasteiger partial charge in [0.2, 0.25) is 0 Å². The van der Waals surface area contributed by atoms with Gasteiger partial charge in [0, 0.05) is 16.9 Å². The highest BCUT2D eigenvalue weighted by Crippen LogP contribution is 2.22. The Hall–Kier alpha value is -2.50. The molecule has 0 aliphatic rings. The van der Waals surface area contributed by atoms with Crippen LogP contribution in [0.3, 0.4) is 0 Å². The fraction of sp³-hybridized carbons (Fsp3) is 0.375. The van der Waals surface area contributed by atoms with E-state index in [0.29, 0.717) is 17.9 Å². The second-order valence-electron chi connectivity index (χ2n) is 5.22. The number of hydrogen-bond acceptors (Lipinski definition) is 3. The van der Waals surface area contributed by atoms with Crippen molar-refractivity contribution in [1.29, 1.82) is 0 Å². The number of aromatic nitrogens is 1. The van der Waals surface area contributed by atoms with Crippen LogP contribution in [0.2, 0.25) is 0 Å². The van der Waals surface area contributed by atoms with Crippen molar-refractivity contribution >= 4 is 22.8 Å². The zero-order valence-corrected chi connectivity index (χ0v) is 12.9. The first-order valence-electron chi connectivity index (χ1n) is 7.15. The topological polar surface area (TPSA) is 82.6 Å². The minimum absolute atomic E-state index is 0.149. The zero-order chi connectivity index (χ0) is 16.3. The van der Waals surface area contributed by atoms with Crippen LogP contribution in [0.1, 0.15) is 30.8 Å². The molecule has 1 amide bonds. The molecule has 6 nitrogen and oxygen atoms in total. The van der Waals surface area contributed by atoms with Crippen LogP contribution in [0.4, 0.5) is 0 Å². The van der Waals surface area contributed by atoms with Crippen molar-refractivity contribution in [1.82, 2.24) is 9.88 Å². The molecule has 1 heterocycles. The van der Waals surface area contributed by atoms with Gasteiger partial charge in [0.1, 0.15) is 18.0 Å². The van der Waals surface area contributed by atoms with E-state index in [1.807, 2.05) is 26.0 Å². The molecule has 0 saturated carbocycles. The number of fused-ring (bicyclic) bond motifs is 1. The first-order chi connectivity index (χ1) is 10.5. The number of carboxylic acids is 1. The van der Waals surface area contributed by atoms with Crippen molar-refractivity contribution in [2.45, 2.75) is 26.3 Å². The highest BCUT2D eigenvalue weighted by molar-refractivity contribution is 5.99. The Bertz CT molecular complexity index is 693. The number of H-pyrrole nitrogens is 1. The predicted octanol–water partition coefficient (Wildman–Crippen LogP) is 2.50. The third-order valence-electron chi connectivity index (χ3n) is 3.75. The highest BCUT2D eigenvalue weighted by Gasteiger charge is 2.24. The van der Waals surface area contributed by atoms with Gasteiger partial charge in [0.05, 0.1) is 7.11 Å². The van der Waals surface area contributed by atoms with E-state index in [1.54, 1.807) is 19.2 Å². The van der Waals surface area contributed by atoms with Crippen molar-refractivity contribution in [3.63, 3.8) is 0 Å². The normalized spacial score (nSPS) is 12.1. The molecule has 0 spiro atoms. The summed E-state index contributed by atoms with van der Waals surface area (Å²) >= 11 is 0. The summed E-state index contributed by atoms with van der Waals surface area (Å²) in [5.74, 6) is -0.631. The zero-order valence-electron chi connectivity index (χ0n) is 12.9. The minimum Gasteiger partial charge on any atom is -0.497 e. The maximum atomic E-state index is 12.6. The number of methoxy groups -OCH3 is 1. The molecular weight excluding hydrogens is 284 g/mol. The monoisotopic (exact) mass is 304 g/mol. The second kappa shape index (κ2) is 6.51. The van der Waals surface area contributed by atoms with Crippen LogP contribution in [-0.4, -0.2) is 46.6 Å². The number of ether oxygens (including phenoxy) is 1. The molecule has 1 aromatic carbocycles. The van der Waals surface area contributed by atoms with Crippen LogP contribution < -0.4 is 4.74 Å². The molecule has 2 rings (SSSR count). The van der Waals surface area contributed by atoms with E-state index < -0.39 is 5.97 Å². The van der Waals surface area contributed by atoms with Crippen LogP contribution >= 0.6 is 0 Å². The molecule has 1 atom stereocenters. The smallest absolute Gasteiger partial charge is 0.323 e. The number of aliphatic carboxylic acids is 1. The number of carbonyl (C=O) groups is 2. The maximum absolute atomic E-state index is 12.6. The predicted molar refractivity (Wildman–Crippen MR) is 83.3 cm³/mol. The van der Waals surface area contributed by atoms with E-state index in [1.165, 1.54) is 4.90 Å². The van der Waals surface area contributed by atoms with Gasteiger partial charge in [-0.1, -0.05) is 6.92 Å². The van der Waals surface area contributed by atoms with E-state index in [0.717, 1.165) is 10.9 Å². The SMILES string of the molecule is CCC(C)N(CC(=O)O)C(=O)c1cc2cc(OC)ccc2[nH]1. The third-order valence-corrected chi connectivity index (χ3v) is 3.75. The molecule has 1 aromatic heterocycles. The van der Waals surface area contributed by atoms with Crippen molar-refractivity contribution in [2.75, 3.05) is 13.7 Å². The molecule has 0 bridgehead atoms. The molecule has 1 unspecified atom stereocenters. The summed E-state index contributed by atoms with van der Waals surface area (Å²) in [6, 6.07) is 7.03. The number of carbonyl (C=O) groups excluding carboxylic acids is 1. The molecule has 6 heteroatoms. The molecule has 0 aliphatic heterocycles. The quantitative estimate of drug-likeness (QED) is 0.859. The van der Waals surface area contributed by atoms with E-state index in [4.69, 9.17) is 9.84 Å². The van der Waals surface area contributed by atoms with Gasteiger partial charge in [0.15, 0.2) is 0 Å².